The average molecular weight is 860 g/mol. The molecule has 328 valence electrons. The van der Waals surface area contributed by atoms with Crippen molar-refractivity contribution in [1.29, 1.82) is 0 Å². The monoisotopic (exact) mass is 859 g/mol. The van der Waals surface area contributed by atoms with Crippen LogP contribution in [0.25, 0.3) is 0 Å². The van der Waals surface area contributed by atoms with E-state index in [9.17, 15) is 43.7 Å². The molecule has 3 aromatic rings. The molecule has 4 aliphatic heterocycles. The standard InChI is InChI=1S/C39H42FN3O18/c1-14(44)29(41-26(45)10-43-9-20(40)35(48)42-39(43)51)37(50)60-33-23(52-3)5-16(6-24(33)53-4)27-17-7-21-22(57-13-56-21)8-18(17)32(19-11-55-36(49)28(19)27)61-38-31(47)30(46)34-25(59-38)12-54-15(2)58-34/h5-9,14-15,19,25,27-32,34,38,44,46-47H,10-13H2,1-4H3,(H,41,45)(H,42,48,51)/t14-,15-,19+,25-,27-,28+,29+,30-,31-,32-,34-,38+/m1/s1. The Balaban J connectivity index is 1.11. The Hall–Kier alpha value is -5.62. The van der Waals surface area contributed by atoms with Crippen LogP contribution >= 0.6 is 0 Å². The van der Waals surface area contributed by atoms with Gasteiger partial charge in [0.15, 0.2) is 41.6 Å². The van der Waals surface area contributed by atoms with E-state index in [-0.39, 0.29) is 37.3 Å². The number of hydrogen-bond donors (Lipinski definition) is 5. The van der Waals surface area contributed by atoms with Crippen molar-refractivity contribution < 1.29 is 81.5 Å². The van der Waals surface area contributed by atoms with Crippen LogP contribution in [0.5, 0.6) is 28.7 Å². The summed E-state index contributed by atoms with van der Waals surface area (Å²) >= 11 is 0. The molecular weight excluding hydrogens is 817 g/mol. The summed E-state index contributed by atoms with van der Waals surface area (Å²) in [5, 5.41) is 35.0. The molecule has 5 heterocycles. The summed E-state index contributed by atoms with van der Waals surface area (Å²) in [6.07, 6.45) is -8.59. The summed E-state index contributed by atoms with van der Waals surface area (Å²) in [5.41, 5.74) is -0.885. The first-order chi connectivity index (χ1) is 29.2. The quantitative estimate of drug-likeness (QED) is 0.115. The Labute approximate surface area is 344 Å². The first-order valence-electron chi connectivity index (χ1n) is 19.2. The molecular formula is C39H42FN3O18. The predicted molar refractivity (Wildman–Crippen MR) is 197 cm³/mol. The first kappa shape index (κ1) is 42.1. The Kier molecular flexibility index (Phi) is 11.5. The molecule has 5 aliphatic rings. The minimum Gasteiger partial charge on any atom is -0.493 e. The number of cyclic esters (lactones) is 1. The van der Waals surface area contributed by atoms with Crippen LogP contribution in [-0.4, -0.2) is 126 Å². The number of benzene rings is 2. The van der Waals surface area contributed by atoms with Gasteiger partial charge in [0.1, 0.15) is 31.0 Å². The van der Waals surface area contributed by atoms with Gasteiger partial charge in [-0.3, -0.25) is 23.9 Å². The van der Waals surface area contributed by atoms with E-state index in [4.69, 9.17) is 47.4 Å². The number of rotatable bonds is 11. The fourth-order valence-corrected chi connectivity index (χ4v) is 8.34. The van der Waals surface area contributed by atoms with Gasteiger partial charge in [0.2, 0.25) is 24.3 Å². The number of aromatic nitrogens is 2. The molecule has 0 saturated carbocycles. The van der Waals surface area contributed by atoms with Crippen LogP contribution in [0.1, 0.15) is 42.6 Å². The van der Waals surface area contributed by atoms with E-state index in [0.717, 1.165) is 0 Å². The summed E-state index contributed by atoms with van der Waals surface area (Å²) in [6.45, 7) is 1.91. The maximum atomic E-state index is 13.8. The Morgan fingerprint density at radius 3 is 2.34 bits per heavy atom. The number of H-pyrrole nitrogens is 1. The van der Waals surface area contributed by atoms with Gasteiger partial charge in [0, 0.05) is 11.8 Å². The van der Waals surface area contributed by atoms with Crippen molar-refractivity contribution in [3.05, 3.63) is 73.8 Å². The van der Waals surface area contributed by atoms with Crippen molar-refractivity contribution >= 4 is 17.8 Å². The highest BCUT2D eigenvalue weighted by Gasteiger charge is 2.56. The van der Waals surface area contributed by atoms with E-state index in [1.807, 2.05) is 0 Å². The number of aromatic amines is 1. The van der Waals surface area contributed by atoms with Crippen LogP contribution in [0.4, 0.5) is 4.39 Å². The molecule has 61 heavy (non-hydrogen) atoms. The lowest BCUT2D eigenvalue weighted by Gasteiger charge is -2.47. The van der Waals surface area contributed by atoms with Gasteiger partial charge >= 0.3 is 17.6 Å². The van der Waals surface area contributed by atoms with Crippen LogP contribution in [0.15, 0.2) is 40.1 Å². The second-order valence-electron chi connectivity index (χ2n) is 15.0. The van der Waals surface area contributed by atoms with Crippen molar-refractivity contribution in [2.75, 3.05) is 34.2 Å². The van der Waals surface area contributed by atoms with E-state index in [1.165, 1.54) is 33.3 Å². The fourth-order valence-electron chi connectivity index (χ4n) is 8.34. The molecule has 22 heteroatoms. The first-order valence-corrected chi connectivity index (χ1v) is 19.2. The van der Waals surface area contributed by atoms with Gasteiger partial charge in [-0.15, -0.1) is 0 Å². The molecule has 21 nitrogen and oxygen atoms in total. The van der Waals surface area contributed by atoms with E-state index < -0.39 is 114 Å². The molecule has 1 aromatic heterocycles. The molecule has 1 amide bonds. The van der Waals surface area contributed by atoms with Crippen LogP contribution in [-0.2, 0) is 44.6 Å². The summed E-state index contributed by atoms with van der Waals surface area (Å²) in [6, 6.07) is 4.69. The van der Waals surface area contributed by atoms with Crippen molar-refractivity contribution in [3.63, 3.8) is 0 Å². The molecule has 2 aromatic carbocycles. The minimum absolute atomic E-state index is 0.0641. The molecule has 12 atom stereocenters. The largest absolute Gasteiger partial charge is 0.493 e. The minimum atomic E-state index is -1.73. The number of carbonyl (C=O) groups excluding carboxylic acids is 3. The van der Waals surface area contributed by atoms with E-state index >= 15 is 0 Å². The number of aliphatic hydroxyl groups is 3. The third-order valence-electron chi connectivity index (χ3n) is 11.3. The maximum Gasteiger partial charge on any atom is 0.337 e. The highest BCUT2D eigenvalue weighted by molar-refractivity contribution is 5.87. The number of nitrogens with one attached hydrogen (secondary N) is 2. The van der Waals surface area contributed by atoms with Crippen molar-refractivity contribution in [2.45, 2.75) is 81.6 Å². The second kappa shape index (κ2) is 16.7. The number of nitrogens with zero attached hydrogens (tertiary/aromatic N) is 1. The number of carbonyl (C=O) groups is 3. The second-order valence-corrected chi connectivity index (χ2v) is 15.0. The molecule has 5 N–H and O–H groups in total. The lowest BCUT2D eigenvalue weighted by molar-refractivity contribution is -0.364. The Morgan fingerprint density at radius 1 is 0.984 bits per heavy atom. The predicted octanol–water partition coefficient (Wildman–Crippen LogP) is -0.907. The Morgan fingerprint density at radius 2 is 1.67 bits per heavy atom. The number of amides is 1. The molecule has 3 saturated heterocycles. The van der Waals surface area contributed by atoms with Gasteiger partial charge < -0.3 is 68.0 Å². The number of ether oxygens (including phenoxy) is 10. The lowest BCUT2D eigenvalue weighted by atomic mass is 9.66. The van der Waals surface area contributed by atoms with Gasteiger partial charge in [-0.05, 0) is 54.8 Å². The van der Waals surface area contributed by atoms with Gasteiger partial charge in [-0.2, -0.15) is 4.39 Å². The fraction of sp³-hybridized carbons (Fsp3) is 0.513. The van der Waals surface area contributed by atoms with E-state index in [1.54, 1.807) is 24.0 Å². The van der Waals surface area contributed by atoms with E-state index in [2.05, 4.69) is 5.32 Å². The molecule has 0 radical (unpaired) electrons. The number of fused-ring (bicyclic) bond motifs is 4. The van der Waals surface area contributed by atoms with Gasteiger partial charge in [0.25, 0.3) is 5.56 Å². The third kappa shape index (κ3) is 7.79. The molecule has 0 bridgehead atoms. The van der Waals surface area contributed by atoms with Crippen LogP contribution in [0.2, 0.25) is 0 Å². The highest BCUT2D eigenvalue weighted by Crippen LogP contribution is 2.57. The average Bonchev–Trinajstić information content (AvgIpc) is 3.86. The van der Waals surface area contributed by atoms with Crippen LogP contribution in [0, 0.1) is 17.7 Å². The van der Waals surface area contributed by atoms with Gasteiger partial charge in [0.05, 0.1) is 51.8 Å². The number of halogens is 1. The van der Waals surface area contributed by atoms with E-state index in [0.29, 0.717) is 39.0 Å². The molecule has 1 aliphatic carbocycles. The number of esters is 2. The zero-order chi connectivity index (χ0) is 43.4. The van der Waals surface area contributed by atoms with Gasteiger partial charge in [-0.1, -0.05) is 0 Å². The normalized spacial score (nSPS) is 29.6. The Bertz CT molecular complexity index is 2310. The summed E-state index contributed by atoms with van der Waals surface area (Å²) in [5.74, 6) is -6.17. The molecule has 0 spiro atoms. The number of aliphatic hydroxyl groups excluding tert-OH is 3. The van der Waals surface area contributed by atoms with Gasteiger partial charge in [-0.25, -0.2) is 9.59 Å². The zero-order valence-corrected chi connectivity index (χ0v) is 32.9. The number of methoxy groups -OCH3 is 2. The SMILES string of the molecule is COc1cc([C@@H]2c3cc4c(cc3[C@@H](O[C@@H]3O[C@@H]5CO[C@@H](C)O[C@H]5[C@H](O)[C@H]3O)[C@H]3COC(=O)[C@H]23)OCO4)cc(OC)c1OC(=O)[C@@H](NC(=O)Cn1cc(F)c(=O)[nH]c1=O)[C@@H](C)O. The highest BCUT2D eigenvalue weighted by atomic mass is 19.1. The maximum absolute atomic E-state index is 13.8. The lowest BCUT2D eigenvalue weighted by Crippen LogP contribution is -2.63. The summed E-state index contributed by atoms with van der Waals surface area (Å²) in [7, 11) is 2.57. The van der Waals surface area contributed by atoms with Crippen LogP contribution < -0.4 is 40.3 Å². The van der Waals surface area contributed by atoms with Crippen molar-refractivity contribution in [2.24, 2.45) is 11.8 Å². The van der Waals surface area contributed by atoms with Crippen LogP contribution in [0.3, 0.4) is 0 Å². The summed E-state index contributed by atoms with van der Waals surface area (Å²) in [4.78, 5) is 65.5. The molecule has 8 rings (SSSR count). The smallest absolute Gasteiger partial charge is 0.337 e. The molecule has 0 unspecified atom stereocenters. The third-order valence-corrected chi connectivity index (χ3v) is 11.3. The summed E-state index contributed by atoms with van der Waals surface area (Å²) < 4.78 is 72.3. The molecule has 3 fully saturated rings. The van der Waals surface area contributed by atoms with Crippen molar-refractivity contribution in [1.82, 2.24) is 14.9 Å². The zero-order valence-electron chi connectivity index (χ0n) is 32.9. The topological polar surface area (TPSA) is 271 Å². The number of hydrogen-bond acceptors (Lipinski definition) is 18. The van der Waals surface area contributed by atoms with Crippen molar-refractivity contribution in [3.8, 4) is 28.7 Å².